The summed E-state index contributed by atoms with van der Waals surface area (Å²) in [6.45, 7) is 4.25. The number of hydrogen-bond donors (Lipinski definition) is 2. The predicted octanol–water partition coefficient (Wildman–Crippen LogP) is 12.3. The van der Waals surface area contributed by atoms with Gasteiger partial charge in [0.05, 0.1) is 13.2 Å². The number of carbonyl (C=O) groups excluding carboxylic acids is 2. The minimum absolute atomic E-state index is 0.0119. The van der Waals surface area contributed by atoms with Crippen molar-refractivity contribution in [2.24, 2.45) is 0 Å². The Kier molecular flexibility index (Phi) is 38.9. The molecule has 0 aromatic rings. The van der Waals surface area contributed by atoms with Crippen LogP contribution in [-0.4, -0.2) is 56.3 Å². The third-order valence-corrected chi connectivity index (χ3v) is 10.7. The fourth-order valence-corrected chi connectivity index (χ4v) is 7.13. The lowest BCUT2D eigenvalue weighted by Gasteiger charge is -2.20. The zero-order valence-electron chi connectivity index (χ0n) is 34.3. The number of phosphoric acid groups is 1. The van der Waals surface area contributed by atoms with Crippen molar-refractivity contribution in [3.63, 3.8) is 0 Å². The molecule has 0 saturated carbocycles. The summed E-state index contributed by atoms with van der Waals surface area (Å²) in [6, 6.07) is 0. The molecule has 10 heteroatoms. The average molecular weight is 762 g/mol. The third kappa shape index (κ3) is 38.7. The van der Waals surface area contributed by atoms with Crippen LogP contribution in [0.1, 0.15) is 219 Å². The van der Waals surface area contributed by atoms with Crippen LogP contribution in [0, 0.1) is 0 Å². The zero-order valence-corrected chi connectivity index (χ0v) is 35.2. The van der Waals surface area contributed by atoms with Crippen LogP contribution in [-0.2, 0) is 32.7 Å². The molecular formula is C42H84NO8P. The second kappa shape index (κ2) is 39.7. The summed E-state index contributed by atoms with van der Waals surface area (Å²) in [7, 11) is -2.63. The van der Waals surface area contributed by atoms with Crippen molar-refractivity contribution in [1.82, 2.24) is 5.32 Å². The molecule has 0 rings (SSSR count). The summed E-state index contributed by atoms with van der Waals surface area (Å²) in [5.74, 6) is -0.793. The van der Waals surface area contributed by atoms with Gasteiger partial charge in [-0.3, -0.25) is 18.6 Å². The summed E-state index contributed by atoms with van der Waals surface area (Å²) < 4.78 is 33.2. The van der Waals surface area contributed by atoms with Gasteiger partial charge in [-0.2, -0.15) is 0 Å². The van der Waals surface area contributed by atoms with Crippen molar-refractivity contribution < 1.29 is 37.6 Å². The van der Waals surface area contributed by atoms with Crippen LogP contribution in [0.2, 0.25) is 0 Å². The van der Waals surface area contributed by atoms with Gasteiger partial charge in [-0.1, -0.05) is 194 Å². The highest BCUT2D eigenvalue weighted by Gasteiger charge is 2.26. The first-order chi connectivity index (χ1) is 25.3. The van der Waals surface area contributed by atoms with E-state index < -0.39 is 26.5 Å². The number of nitrogens with one attached hydrogen (secondary N) is 1. The maximum absolute atomic E-state index is 12.6. The standard InChI is InChI=1S/C42H84NO8P/c1-4-6-8-10-12-14-16-17-18-19-20-21-22-23-25-26-28-30-32-34-41(44)48-38-40(39-50-52(46,47)49-37-36-43-3)51-42(45)35-33-31-29-27-24-15-13-11-9-7-5-2/h40,43H,4-39H2,1-3H3,(H,46,47). The van der Waals surface area contributed by atoms with Crippen LogP contribution >= 0.6 is 7.82 Å². The molecule has 0 aromatic carbocycles. The molecule has 0 radical (unpaired) electrons. The molecule has 0 aliphatic carbocycles. The SMILES string of the molecule is CCCCCCCCCCCCCCCCCCCCCC(=O)OCC(COP(=O)(O)OCCNC)OC(=O)CCCCCCCCCCCCC. The molecule has 2 N–H and O–H groups in total. The molecule has 0 aliphatic heterocycles. The van der Waals surface area contributed by atoms with Crippen LogP contribution < -0.4 is 5.32 Å². The van der Waals surface area contributed by atoms with Gasteiger partial charge in [0, 0.05) is 19.4 Å². The van der Waals surface area contributed by atoms with Crippen LogP contribution in [0.5, 0.6) is 0 Å². The van der Waals surface area contributed by atoms with Crippen LogP contribution in [0.15, 0.2) is 0 Å². The van der Waals surface area contributed by atoms with E-state index >= 15 is 0 Å². The highest BCUT2D eigenvalue weighted by molar-refractivity contribution is 7.47. The van der Waals surface area contributed by atoms with E-state index in [2.05, 4.69) is 19.2 Å². The minimum Gasteiger partial charge on any atom is -0.462 e. The lowest BCUT2D eigenvalue weighted by Crippen LogP contribution is -2.29. The summed E-state index contributed by atoms with van der Waals surface area (Å²) >= 11 is 0. The van der Waals surface area contributed by atoms with Gasteiger partial charge in [0.25, 0.3) is 0 Å². The fraction of sp³-hybridized carbons (Fsp3) is 0.952. The lowest BCUT2D eigenvalue weighted by molar-refractivity contribution is -0.161. The Labute approximate surface area is 320 Å². The van der Waals surface area contributed by atoms with Gasteiger partial charge in [-0.25, -0.2) is 4.57 Å². The minimum atomic E-state index is -4.34. The average Bonchev–Trinajstić information content (AvgIpc) is 3.12. The largest absolute Gasteiger partial charge is 0.472 e. The van der Waals surface area contributed by atoms with E-state index in [1.807, 2.05) is 0 Å². The second-order valence-electron chi connectivity index (χ2n) is 14.9. The number of ether oxygens (including phenoxy) is 2. The Hall–Kier alpha value is -0.990. The van der Waals surface area contributed by atoms with Gasteiger partial charge in [0.15, 0.2) is 6.10 Å². The van der Waals surface area contributed by atoms with Gasteiger partial charge in [0.2, 0.25) is 0 Å². The second-order valence-corrected chi connectivity index (χ2v) is 16.3. The Morgan fingerprint density at radius 3 is 1.23 bits per heavy atom. The molecule has 2 unspecified atom stereocenters. The number of rotatable bonds is 42. The summed E-state index contributed by atoms with van der Waals surface area (Å²) in [6.07, 6.45) is 37.2. The number of esters is 2. The quantitative estimate of drug-likeness (QED) is 0.0356. The number of hydrogen-bond acceptors (Lipinski definition) is 8. The molecule has 0 amide bonds. The summed E-state index contributed by atoms with van der Waals surface area (Å²) in [4.78, 5) is 35.0. The normalized spacial score (nSPS) is 13.2. The molecule has 0 spiro atoms. The van der Waals surface area contributed by atoms with E-state index in [9.17, 15) is 19.0 Å². The molecule has 0 saturated heterocycles. The van der Waals surface area contributed by atoms with E-state index in [0.717, 1.165) is 32.1 Å². The molecule has 0 heterocycles. The number of phosphoric ester groups is 1. The highest BCUT2D eigenvalue weighted by atomic mass is 31.2. The molecular weight excluding hydrogens is 677 g/mol. The van der Waals surface area contributed by atoms with Crippen molar-refractivity contribution >= 4 is 19.8 Å². The molecule has 0 fully saturated rings. The van der Waals surface area contributed by atoms with Gasteiger partial charge in [0.1, 0.15) is 6.61 Å². The van der Waals surface area contributed by atoms with E-state index in [1.165, 1.54) is 154 Å². The molecule has 0 aromatic heterocycles. The van der Waals surface area contributed by atoms with Gasteiger partial charge < -0.3 is 19.7 Å². The first-order valence-electron chi connectivity index (χ1n) is 22.0. The molecule has 0 bridgehead atoms. The molecule has 2 atom stereocenters. The van der Waals surface area contributed by atoms with Crippen molar-refractivity contribution in [1.29, 1.82) is 0 Å². The summed E-state index contributed by atoms with van der Waals surface area (Å²) in [5.41, 5.74) is 0. The van der Waals surface area contributed by atoms with Crippen LogP contribution in [0.3, 0.4) is 0 Å². The Bertz CT molecular complexity index is 830. The van der Waals surface area contributed by atoms with E-state index in [4.69, 9.17) is 18.5 Å². The smallest absolute Gasteiger partial charge is 0.462 e. The summed E-state index contributed by atoms with van der Waals surface area (Å²) in [5, 5.41) is 2.82. The first kappa shape index (κ1) is 51.0. The Balaban J connectivity index is 4.10. The van der Waals surface area contributed by atoms with Gasteiger partial charge in [-0.15, -0.1) is 0 Å². The fourth-order valence-electron chi connectivity index (χ4n) is 6.38. The third-order valence-electron chi connectivity index (χ3n) is 9.73. The number of likely N-dealkylation sites (N-methyl/N-ethyl adjacent to an activating group) is 1. The Morgan fingerprint density at radius 2 is 0.865 bits per heavy atom. The predicted molar refractivity (Wildman–Crippen MR) is 216 cm³/mol. The van der Waals surface area contributed by atoms with Crippen LogP contribution in [0.4, 0.5) is 0 Å². The maximum atomic E-state index is 12.6. The molecule has 310 valence electrons. The lowest BCUT2D eigenvalue weighted by atomic mass is 10.0. The van der Waals surface area contributed by atoms with E-state index in [1.54, 1.807) is 7.05 Å². The van der Waals surface area contributed by atoms with Crippen molar-refractivity contribution in [3.05, 3.63) is 0 Å². The maximum Gasteiger partial charge on any atom is 0.472 e. The van der Waals surface area contributed by atoms with Crippen molar-refractivity contribution in [3.8, 4) is 0 Å². The molecule has 0 aliphatic rings. The molecule has 52 heavy (non-hydrogen) atoms. The van der Waals surface area contributed by atoms with E-state index in [0.29, 0.717) is 19.4 Å². The number of carbonyl (C=O) groups is 2. The van der Waals surface area contributed by atoms with Gasteiger partial charge in [-0.05, 0) is 19.9 Å². The Morgan fingerprint density at radius 1 is 0.519 bits per heavy atom. The van der Waals surface area contributed by atoms with Crippen molar-refractivity contribution in [2.45, 2.75) is 225 Å². The number of unbranched alkanes of at least 4 members (excludes halogenated alkanes) is 28. The monoisotopic (exact) mass is 762 g/mol. The van der Waals surface area contributed by atoms with Crippen molar-refractivity contribution in [2.75, 3.05) is 33.4 Å². The highest BCUT2D eigenvalue weighted by Crippen LogP contribution is 2.43. The topological polar surface area (TPSA) is 120 Å². The zero-order chi connectivity index (χ0) is 38.2. The van der Waals surface area contributed by atoms with E-state index in [-0.39, 0.29) is 25.6 Å². The van der Waals surface area contributed by atoms with Gasteiger partial charge >= 0.3 is 19.8 Å². The molecule has 9 nitrogen and oxygen atoms in total. The van der Waals surface area contributed by atoms with Crippen LogP contribution in [0.25, 0.3) is 0 Å². The first-order valence-corrected chi connectivity index (χ1v) is 23.5.